The Kier molecular flexibility index (Phi) is 5.87. The van der Waals surface area contributed by atoms with Gasteiger partial charge in [0, 0.05) is 5.57 Å². The lowest BCUT2D eigenvalue weighted by atomic mass is 9.92. The van der Waals surface area contributed by atoms with Crippen LogP contribution in [0.5, 0.6) is 34.5 Å². The van der Waals surface area contributed by atoms with Gasteiger partial charge in [0.15, 0.2) is 23.0 Å². The van der Waals surface area contributed by atoms with Crippen molar-refractivity contribution in [3.8, 4) is 34.5 Å². The third-order valence-electron chi connectivity index (χ3n) is 4.83. The van der Waals surface area contributed by atoms with Gasteiger partial charge in [-0.3, -0.25) is 0 Å². The summed E-state index contributed by atoms with van der Waals surface area (Å²) in [4.78, 5) is 12.9. The Morgan fingerprint density at radius 3 is 2.14 bits per heavy atom. The van der Waals surface area contributed by atoms with Crippen LogP contribution in [0.3, 0.4) is 0 Å². The summed E-state index contributed by atoms with van der Waals surface area (Å²) in [6.07, 6.45) is 2.25. The Hall–Kier alpha value is -3.35. The molecule has 4 rings (SSSR count). The number of rotatable bonds is 5. The second kappa shape index (κ2) is 8.34. The first-order chi connectivity index (χ1) is 13.9. The summed E-state index contributed by atoms with van der Waals surface area (Å²) in [7, 11) is 6.05. The first kappa shape index (κ1) is 20.4. The van der Waals surface area contributed by atoms with Crippen molar-refractivity contribution in [2.24, 2.45) is 5.92 Å². The summed E-state index contributed by atoms with van der Waals surface area (Å²) in [5.74, 6) is 0.882. The van der Waals surface area contributed by atoms with Crippen molar-refractivity contribution in [1.29, 1.82) is 0 Å². The largest absolute Gasteiger partial charge is 0.504 e. The predicted octanol–water partition coefficient (Wildman–Crippen LogP) is 3.61. The van der Waals surface area contributed by atoms with Crippen LogP contribution in [0.15, 0.2) is 29.8 Å². The number of esters is 1. The van der Waals surface area contributed by atoms with Crippen LogP contribution in [0.25, 0.3) is 6.08 Å². The van der Waals surface area contributed by atoms with Crippen LogP contribution in [0.1, 0.15) is 18.1 Å². The third-order valence-corrected chi connectivity index (χ3v) is 4.83. The van der Waals surface area contributed by atoms with E-state index in [1.807, 2.05) is 6.92 Å². The van der Waals surface area contributed by atoms with Crippen molar-refractivity contribution in [2.45, 2.75) is 13.3 Å². The first-order valence-corrected chi connectivity index (χ1v) is 9.05. The minimum absolute atomic E-state index is 0.00569. The Bertz CT molecular complexity index is 937. The number of aromatic hydroxyl groups is 1. The van der Waals surface area contributed by atoms with E-state index in [0.29, 0.717) is 40.6 Å². The SMILES string of the molecule is COc1cc2cc(O)c1OC(=O)C(=Cc1cc(OC)c(OC)c(OC)c1)C(C)C2. The van der Waals surface area contributed by atoms with Crippen molar-refractivity contribution in [3.05, 3.63) is 41.0 Å². The van der Waals surface area contributed by atoms with E-state index in [4.69, 9.17) is 23.7 Å². The molecule has 0 radical (unpaired) electrons. The number of carbonyl (C=O) groups is 1. The molecule has 2 aliphatic heterocycles. The monoisotopic (exact) mass is 400 g/mol. The highest BCUT2D eigenvalue weighted by Crippen LogP contribution is 2.42. The quantitative estimate of drug-likeness (QED) is 0.466. The molecule has 1 N–H and O–H groups in total. The molecule has 1 unspecified atom stereocenters. The Morgan fingerprint density at radius 2 is 1.59 bits per heavy atom. The molecule has 29 heavy (non-hydrogen) atoms. The van der Waals surface area contributed by atoms with Crippen LogP contribution in [0, 0.1) is 5.92 Å². The molecule has 2 aromatic carbocycles. The first-order valence-electron chi connectivity index (χ1n) is 9.05. The maximum absolute atomic E-state index is 12.9. The van der Waals surface area contributed by atoms with Crippen LogP contribution >= 0.6 is 0 Å². The number of phenols is 1. The molecule has 0 amide bonds. The van der Waals surface area contributed by atoms with E-state index in [1.54, 1.807) is 30.3 Å². The van der Waals surface area contributed by atoms with E-state index in [-0.39, 0.29) is 17.4 Å². The molecular weight excluding hydrogens is 376 g/mol. The van der Waals surface area contributed by atoms with Gasteiger partial charge in [-0.2, -0.15) is 0 Å². The van der Waals surface area contributed by atoms with Crippen molar-refractivity contribution < 1.29 is 33.6 Å². The molecular formula is C22H24O7. The number of benzene rings is 2. The normalized spacial score (nSPS) is 17.2. The standard InChI is InChI=1S/C22H24O7/c1-12-6-13-8-16(23)20(17(9-13)25-2)29-22(24)15(12)7-14-10-18(26-3)21(28-5)19(11-14)27-4/h7-12,23H,6H2,1-5H3. The van der Waals surface area contributed by atoms with Crippen molar-refractivity contribution >= 4 is 12.0 Å². The predicted molar refractivity (Wildman–Crippen MR) is 107 cm³/mol. The molecule has 0 aliphatic carbocycles. The Labute approximate surface area is 169 Å². The van der Waals surface area contributed by atoms with Gasteiger partial charge in [-0.05, 0) is 53.8 Å². The van der Waals surface area contributed by atoms with Crippen LogP contribution in [-0.4, -0.2) is 39.5 Å². The Balaban J connectivity index is 2.09. The minimum atomic E-state index is -0.563. The summed E-state index contributed by atoms with van der Waals surface area (Å²) >= 11 is 0. The molecule has 2 aromatic rings. The van der Waals surface area contributed by atoms with E-state index in [1.165, 1.54) is 28.4 Å². The maximum atomic E-state index is 12.9. The molecule has 1 atom stereocenters. The summed E-state index contributed by atoms with van der Waals surface area (Å²) in [5.41, 5.74) is 1.98. The summed E-state index contributed by atoms with van der Waals surface area (Å²) in [6.45, 7) is 1.92. The van der Waals surface area contributed by atoms with Gasteiger partial charge in [0.05, 0.1) is 28.4 Å². The van der Waals surface area contributed by atoms with Crippen LogP contribution in [0.4, 0.5) is 0 Å². The fourth-order valence-corrected chi connectivity index (χ4v) is 3.40. The molecule has 0 fully saturated rings. The topological polar surface area (TPSA) is 83.5 Å². The second-order valence-electron chi connectivity index (χ2n) is 6.70. The van der Waals surface area contributed by atoms with E-state index >= 15 is 0 Å². The smallest absolute Gasteiger partial charge is 0.339 e. The van der Waals surface area contributed by atoms with Gasteiger partial charge in [0.25, 0.3) is 0 Å². The number of carbonyl (C=O) groups excluding carboxylic acids is 1. The molecule has 7 heteroatoms. The van der Waals surface area contributed by atoms with Gasteiger partial charge in [0.2, 0.25) is 11.5 Å². The number of hydrogen-bond donors (Lipinski definition) is 1. The van der Waals surface area contributed by atoms with Gasteiger partial charge in [-0.15, -0.1) is 0 Å². The van der Waals surface area contributed by atoms with Gasteiger partial charge >= 0.3 is 5.97 Å². The fraction of sp³-hybridized carbons (Fsp3) is 0.318. The number of fused-ring (bicyclic) bond motifs is 6. The lowest BCUT2D eigenvalue weighted by molar-refractivity contribution is -0.130. The lowest BCUT2D eigenvalue weighted by Crippen LogP contribution is -2.17. The van der Waals surface area contributed by atoms with Gasteiger partial charge in [-0.1, -0.05) is 6.92 Å². The highest BCUT2D eigenvalue weighted by molar-refractivity contribution is 5.96. The van der Waals surface area contributed by atoms with E-state index in [0.717, 1.165) is 5.56 Å². The van der Waals surface area contributed by atoms with E-state index < -0.39 is 5.97 Å². The molecule has 2 heterocycles. The van der Waals surface area contributed by atoms with Gasteiger partial charge in [0.1, 0.15) is 0 Å². The van der Waals surface area contributed by atoms with Crippen LogP contribution in [0.2, 0.25) is 0 Å². The zero-order valence-corrected chi connectivity index (χ0v) is 17.1. The maximum Gasteiger partial charge on any atom is 0.339 e. The lowest BCUT2D eigenvalue weighted by Gasteiger charge is -2.15. The molecule has 154 valence electrons. The second-order valence-corrected chi connectivity index (χ2v) is 6.70. The summed E-state index contributed by atoms with van der Waals surface area (Å²) in [5, 5.41) is 10.2. The summed E-state index contributed by atoms with van der Waals surface area (Å²) < 4.78 is 26.9. The number of ether oxygens (including phenoxy) is 5. The van der Waals surface area contributed by atoms with Gasteiger partial charge in [-0.25, -0.2) is 4.79 Å². The zero-order valence-electron chi connectivity index (χ0n) is 17.1. The number of methoxy groups -OCH3 is 4. The molecule has 0 saturated carbocycles. The number of phenolic OH excluding ortho intramolecular Hbond substituents is 1. The summed E-state index contributed by atoms with van der Waals surface area (Å²) in [6, 6.07) is 6.86. The average Bonchev–Trinajstić information content (AvgIpc) is 2.78. The molecule has 2 bridgehead atoms. The average molecular weight is 400 g/mol. The van der Waals surface area contributed by atoms with Crippen LogP contribution < -0.4 is 23.7 Å². The number of hydrogen-bond acceptors (Lipinski definition) is 7. The fourth-order valence-electron chi connectivity index (χ4n) is 3.40. The molecule has 2 aliphatic rings. The van der Waals surface area contributed by atoms with Crippen LogP contribution in [-0.2, 0) is 11.2 Å². The van der Waals surface area contributed by atoms with E-state index in [2.05, 4.69) is 0 Å². The molecule has 0 saturated heterocycles. The highest BCUT2D eigenvalue weighted by Gasteiger charge is 2.27. The van der Waals surface area contributed by atoms with Crippen molar-refractivity contribution in [2.75, 3.05) is 28.4 Å². The minimum Gasteiger partial charge on any atom is -0.504 e. The van der Waals surface area contributed by atoms with E-state index in [9.17, 15) is 9.90 Å². The molecule has 0 spiro atoms. The zero-order chi connectivity index (χ0) is 21.1. The van der Waals surface area contributed by atoms with Crippen molar-refractivity contribution in [1.82, 2.24) is 0 Å². The molecule has 7 nitrogen and oxygen atoms in total. The molecule has 0 aromatic heterocycles. The highest BCUT2D eigenvalue weighted by atomic mass is 16.6. The van der Waals surface area contributed by atoms with Crippen molar-refractivity contribution in [3.63, 3.8) is 0 Å². The third kappa shape index (κ3) is 3.94. The van der Waals surface area contributed by atoms with Gasteiger partial charge < -0.3 is 28.8 Å². The Morgan fingerprint density at radius 1 is 0.966 bits per heavy atom.